The molecule has 3 aromatic rings. The van der Waals surface area contributed by atoms with Crippen LogP contribution >= 0.6 is 11.3 Å². The number of aliphatic hydroxyl groups excluding tert-OH is 1. The summed E-state index contributed by atoms with van der Waals surface area (Å²) in [6.45, 7) is 12.6. The predicted octanol–water partition coefficient (Wildman–Crippen LogP) is 6.81. The molecule has 37 heavy (non-hydrogen) atoms. The number of hydrogen-bond acceptors (Lipinski definition) is 6. The molecule has 0 fully saturated rings. The number of carbonyl (C=O) groups is 1. The summed E-state index contributed by atoms with van der Waals surface area (Å²) in [5, 5.41) is 12.8. The molecular weight excluding hydrogens is 478 g/mol. The van der Waals surface area contributed by atoms with E-state index < -0.39 is 6.23 Å². The van der Waals surface area contributed by atoms with E-state index in [1.165, 1.54) is 11.1 Å². The van der Waals surface area contributed by atoms with Gasteiger partial charge in [-0.3, -0.25) is 9.78 Å². The second kappa shape index (κ2) is 9.66. The molecule has 6 heteroatoms. The van der Waals surface area contributed by atoms with E-state index in [-0.39, 0.29) is 11.2 Å². The Balaban J connectivity index is 1.70. The fraction of sp³-hybridized carbons (Fsp3) is 0.387. The van der Waals surface area contributed by atoms with E-state index in [1.54, 1.807) is 11.3 Å². The van der Waals surface area contributed by atoms with Crippen molar-refractivity contribution in [2.45, 2.75) is 73.5 Å². The standard InChI is InChI=1S/C31H35N3O2S/c1-7-20-10-9-11-21(8-2)28(20)34-25-15-31(5,6)16-26(35)23(25)14-24(30(34)36)29-33-27(19(4)37-29)22-13-12-18(3)32-17-22/h9-14,17,30,36H,7-8,15-16H2,1-6H3. The lowest BCUT2D eigenvalue weighted by Gasteiger charge is -2.44. The lowest BCUT2D eigenvalue weighted by molar-refractivity contribution is -0.117. The fourth-order valence-electron chi connectivity index (χ4n) is 5.55. The summed E-state index contributed by atoms with van der Waals surface area (Å²) in [6.07, 6.45) is 5.72. The van der Waals surface area contributed by atoms with Crippen LogP contribution in [-0.2, 0) is 17.6 Å². The van der Waals surface area contributed by atoms with Gasteiger partial charge in [0.1, 0.15) is 5.01 Å². The van der Waals surface area contributed by atoms with Crippen molar-refractivity contribution in [3.8, 4) is 11.3 Å². The normalized spacial score (nSPS) is 19.2. The lowest BCUT2D eigenvalue weighted by Crippen LogP contribution is -2.44. The summed E-state index contributed by atoms with van der Waals surface area (Å²) in [4.78, 5) is 26.0. The first-order valence-corrected chi connectivity index (χ1v) is 13.9. The Morgan fingerprint density at radius 3 is 2.41 bits per heavy atom. The zero-order chi connectivity index (χ0) is 26.5. The largest absolute Gasteiger partial charge is 0.369 e. The molecule has 2 aliphatic rings. The molecule has 2 aromatic heterocycles. The first-order valence-electron chi connectivity index (χ1n) is 13.1. The number of aliphatic hydroxyl groups is 1. The highest BCUT2D eigenvalue weighted by Crippen LogP contribution is 2.47. The molecule has 0 saturated heterocycles. The first kappa shape index (κ1) is 25.6. The third-order valence-electron chi connectivity index (χ3n) is 7.44. The Bertz CT molecular complexity index is 1410. The van der Waals surface area contributed by atoms with Crippen LogP contribution in [-0.4, -0.2) is 27.1 Å². The maximum Gasteiger partial charge on any atom is 0.165 e. The van der Waals surface area contributed by atoms with Crippen LogP contribution in [0.4, 0.5) is 5.69 Å². The van der Waals surface area contributed by atoms with Gasteiger partial charge in [0.2, 0.25) is 0 Å². The molecule has 0 amide bonds. The van der Waals surface area contributed by atoms with Gasteiger partial charge in [0.25, 0.3) is 0 Å². The third-order valence-corrected chi connectivity index (χ3v) is 8.46. The predicted molar refractivity (Wildman–Crippen MR) is 152 cm³/mol. The van der Waals surface area contributed by atoms with E-state index >= 15 is 0 Å². The van der Waals surface area contributed by atoms with Crippen molar-refractivity contribution in [2.75, 3.05) is 4.90 Å². The summed E-state index contributed by atoms with van der Waals surface area (Å²) >= 11 is 1.55. The van der Waals surface area contributed by atoms with E-state index in [0.29, 0.717) is 17.6 Å². The van der Waals surface area contributed by atoms with E-state index in [0.717, 1.165) is 57.5 Å². The summed E-state index contributed by atoms with van der Waals surface area (Å²) in [7, 11) is 0. The second-order valence-electron chi connectivity index (χ2n) is 10.9. The Morgan fingerprint density at radius 2 is 1.78 bits per heavy atom. The number of anilines is 1. The summed E-state index contributed by atoms with van der Waals surface area (Å²) in [5.74, 6) is 0.129. The second-order valence-corrected chi connectivity index (χ2v) is 12.1. The minimum atomic E-state index is -0.937. The molecule has 5 nitrogen and oxygen atoms in total. The van der Waals surface area contributed by atoms with Crippen molar-refractivity contribution in [3.05, 3.63) is 80.6 Å². The van der Waals surface area contributed by atoms with Gasteiger partial charge in [-0.25, -0.2) is 4.98 Å². The molecule has 1 aromatic carbocycles. The van der Waals surface area contributed by atoms with Crippen molar-refractivity contribution < 1.29 is 9.90 Å². The SMILES string of the molecule is CCc1cccc(CC)c1N1C2=C(C=C(c3nc(-c4ccc(C)nc4)c(C)s3)C1O)C(=O)CC(C)(C)C2. The average Bonchev–Trinajstić information content (AvgIpc) is 3.24. The average molecular weight is 514 g/mol. The smallest absolute Gasteiger partial charge is 0.165 e. The molecule has 5 rings (SSSR count). The minimum Gasteiger partial charge on any atom is -0.369 e. The Morgan fingerprint density at radius 1 is 1.08 bits per heavy atom. The fourth-order valence-corrected chi connectivity index (χ4v) is 6.52. The third kappa shape index (κ3) is 4.57. The van der Waals surface area contributed by atoms with E-state index in [9.17, 15) is 9.90 Å². The van der Waals surface area contributed by atoms with Gasteiger partial charge in [0.15, 0.2) is 12.0 Å². The molecule has 3 heterocycles. The van der Waals surface area contributed by atoms with Crippen LogP contribution in [0, 0.1) is 19.3 Å². The van der Waals surface area contributed by atoms with Crippen molar-refractivity contribution >= 4 is 28.4 Å². The number of ketones is 1. The van der Waals surface area contributed by atoms with Crippen LogP contribution in [0.2, 0.25) is 0 Å². The molecule has 1 aliphatic carbocycles. The summed E-state index contributed by atoms with van der Waals surface area (Å²) in [5.41, 5.74) is 8.28. The van der Waals surface area contributed by atoms with Gasteiger partial charge in [-0.05, 0) is 67.9 Å². The van der Waals surface area contributed by atoms with Crippen LogP contribution in [0.5, 0.6) is 0 Å². The number of pyridine rings is 1. The van der Waals surface area contributed by atoms with Crippen LogP contribution < -0.4 is 4.90 Å². The number of rotatable bonds is 5. The van der Waals surface area contributed by atoms with Gasteiger partial charge in [-0.1, -0.05) is 45.9 Å². The van der Waals surface area contributed by atoms with Crippen LogP contribution in [0.1, 0.15) is 67.2 Å². The van der Waals surface area contributed by atoms with Gasteiger partial charge in [-0.15, -0.1) is 11.3 Å². The summed E-state index contributed by atoms with van der Waals surface area (Å²) in [6, 6.07) is 10.4. The number of aromatic nitrogens is 2. The van der Waals surface area contributed by atoms with Gasteiger partial charge in [0, 0.05) is 51.3 Å². The van der Waals surface area contributed by atoms with E-state index in [1.807, 2.05) is 43.2 Å². The maximum absolute atomic E-state index is 13.5. The van der Waals surface area contributed by atoms with Gasteiger partial charge >= 0.3 is 0 Å². The zero-order valence-corrected chi connectivity index (χ0v) is 23.4. The van der Waals surface area contributed by atoms with Gasteiger partial charge < -0.3 is 10.0 Å². The molecule has 192 valence electrons. The van der Waals surface area contributed by atoms with Crippen molar-refractivity contribution in [1.29, 1.82) is 0 Å². The molecule has 1 unspecified atom stereocenters. The van der Waals surface area contributed by atoms with Crippen LogP contribution in [0.15, 0.2) is 53.9 Å². The molecule has 1 N–H and O–H groups in total. The lowest BCUT2D eigenvalue weighted by atomic mass is 9.73. The highest BCUT2D eigenvalue weighted by Gasteiger charge is 2.42. The minimum absolute atomic E-state index is 0.129. The van der Waals surface area contributed by atoms with Crippen molar-refractivity contribution in [2.24, 2.45) is 5.41 Å². The zero-order valence-electron chi connectivity index (χ0n) is 22.6. The first-order chi connectivity index (χ1) is 17.6. The molecular formula is C31H35N3O2S. The molecule has 0 bridgehead atoms. The van der Waals surface area contributed by atoms with Gasteiger partial charge in [-0.2, -0.15) is 0 Å². The number of thiazole rings is 1. The van der Waals surface area contributed by atoms with E-state index in [4.69, 9.17) is 4.98 Å². The number of hydrogen-bond donors (Lipinski definition) is 1. The van der Waals surface area contributed by atoms with Gasteiger partial charge in [0.05, 0.1) is 5.69 Å². The number of para-hydroxylation sites is 1. The number of allylic oxidation sites excluding steroid dienone is 3. The quantitative estimate of drug-likeness (QED) is 0.406. The Kier molecular flexibility index (Phi) is 6.67. The highest BCUT2D eigenvalue weighted by molar-refractivity contribution is 7.13. The number of nitrogens with zero attached hydrogens (tertiary/aromatic N) is 3. The molecule has 1 atom stereocenters. The van der Waals surface area contributed by atoms with E-state index in [2.05, 4.69) is 50.9 Å². The molecule has 0 radical (unpaired) electrons. The Hall–Kier alpha value is -3.09. The summed E-state index contributed by atoms with van der Waals surface area (Å²) < 4.78 is 0. The molecule has 0 saturated carbocycles. The molecule has 0 spiro atoms. The van der Waals surface area contributed by atoms with Crippen molar-refractivity contribution in [1.82, 2.24) is 9.97 Å². The van der Waals surface area contributed by atoms with Crippen LogP contribution in [0.25, 0.3) is 16.8 Å². The van der Waals surface area contributed by atoms with Crippen LogP contribution in [0.3, 0.4) is 0 Å². The Labute approximate surface area is 223 Å². The monoisotopic (exact) mass is 513 g/mol. The number of carbonyl (C=O) groups excluding carboxylic acids is 1. The number of aryl methyl sites for hydroxylation is 4. The topological polar surface area (TPSA) is 66.3 Å². The highest BCUT2D eigenvalue weighted by atomic mass is 32.1. The number of Topliss-reactive ketones (excluding diaryl/α,β-unsaturated/α-hetero) is 1. The van der Waals surface area contributed by atoms with Crippen molar-refractivity contribution in [3.63, 3.8) is 0 Å². The number of benzene rings is 1. The molecule has 1 aliphatic heterocycles. The maximum atomic E-state index is 13.5.